The number of esters is 2. The van der Waals surface area contributed by atoms with E-state index in [1.165, 1.54) is 116 Å². The van der Waals surface area contributed by atoms with Crippen molar-refractivity contribution in [2.75, 3.05) is 6.61 Å². The van der Waals surface area contributed by atoms with Crippen LogP contribution in [0.2, 0.25) is 0 Å². The predicted molar refractivity (Wildman–Crippen MR) is 250 cm³/mol. The lowest BCUT2D eigenvalue weighted by Crippen LogP contribution is -2.76. The van der Waals surface area contributed by atoms with Crippen LogP contribution in [0.5, 0.6) is 0 Å². The van der Waals surface area contributed by atoms with Crippen LogP contribution in [0.3, 0.4) is 0 Å². The number of epoxide rings is 1. The largest absolute Gasteiger partial charge is 0.466 e. The highest BCUT2D eigenvalue weighted by atomic mass is 16.9. The maximum Gasteiger partial charge on any atom is 0.307 e. The topological polar surface area (TPSA) is 150 Å². The quantitative estimate of drug-likeness (QED) is 0.0233. The molecule has 2 saturated carbocycles. The van der Waals surface area contributed by atoms with Gasteiger partial charge in [0.1, 0.15) is 23.9 Å². The van der Waals surface area contributed by atoms with Crippen LogP contribution in [0.25, 0.3) is 0 Å². The maximum atomic E-state index is 14.3. The molecule has 11 nitrogen and oxygen atoms in total. The molecule has 2 N–H and O–H groups in total. The molecule has 6 aliphatic rings. The number of fused-ring (bicyclic) bond motifs is 3. The number of rotatable bonds is 30. The Balaban J connectivity index is 1.15. The third kappa shape index (κ3) is 10.4. The number of carbonyl (C=O) groups excluding carboxylic acids is 3. The van der Waals surface area contributed by atoms with Crippen molar-refractivity contribution >= 4 is 17.7 Å². The summed E-state index contributed by atoms with van der Waals surface area (Å²) in [7, 11) is 0. The first-order valence-corrected chi connectivity index (χ1v) is 25.9. The fourth-order valence-corrected chi connectivity index (χ4v) is 12.4. The van der Waals surface area contributed by atoms with E-state index >= 15 is 0 Å². The van der Waals surface area contributed by atoms with Gasteiger partial charge < -0.3 is 38.6 Å². The molecule has 0 amide bonds. The van der Waals surface area contributed by atoms with Gasteiger partial charge in [-0.1, -0.05) is 174 Å². The summed E-state index contributed by atoms with van der Waals surface area (Å²) in [5.74, 6) is -5.91. The van der Waals surface area contributed by atoms with Crippen molar-refractivity contribution in [2.24, 2.45) is 17.8 Å². The molecular weight excluding hydrogens is 825 g/mol. The Kier molecular flexibility index (Phi) is 18.0. The number of allylic oxidation sites excluding steroid dienone is 3. The zero-order valence-corrected chi connectivity index (χ0v) is 40.9. The summed E-state index contributed by atoms with van der Waals surface area (Å²) >= 11 is 0. The van der Waals surface area contributed by atoms with Crippen molar-refractivity contribution in [3.63, 3.8) is 0 Å². The molecule has 0 radical (unpaired) electrons. The number of ether oxygens (including phenoxy) is 6. The minimum atomic E-state index is -2.39. The van der Waals surface area contributed by atoms with E-state index in [2.05, 4.69) is 26.5 Å². The van der Waals surface area contributed by atoms with E-state index in [0.29, 0.717) is 5.57 Å². The van der Waals surface area contributed by atoms with Crippen LogP contribution in [0.1, 0.15) is 196 Å². The van der Waals surface area contributed by atoms with Crippen molar-refractivity contribution in [1.29, 1.82) is 0 Å². The highest BCUT2D eigenvalue weighted by Gasteiger charge is 2.90. The van der Waals surface area contributed by atoms with E-state index in [4.69, 9.17) is 28.4 Å². The Morgan fingerprint density at radius 2 is 1.37 bits per heavy atom. The van der Waals surface area contributed by atoms with E-state index in [1.54, 1.807) is 19.1 Å². The fourth-order valence-electron chi connectivity index (χ4n) is 12.4. The summed E-state index contributed by atoms with van der Waals surface area (Å²) in [5.41, 5.74) is -5.99. The Morgan fingerprint density at radius 1 is 0.800 bits per heavy atom. The average Bonchev–Trinajstić information content (AvgIpc) is 3.88. The second-order valence-corrected chi connectivity index (χ2v) is 20.5. The van der Waals surface area contributed by atoms with Crippen LogP contribution in [0.15, 0.2) is 48.1 Å². The van der Waals surface area contributed by atoms with E-state index in [-0.39, 0.29) is 31.0 Å². The van der Waals surface area contributed by atoms with E-state index < -0.39 is 82.3 Å². The smallest absolute Gasteiger partial charge is 0.307 e. The zero-order chi connectivity index (χ0) is 46.9. The first kappa shape index (κ1) is 51.7. The molecule has 3 aliphatic heterocycles. The molecular formula is C54H84O11. The lowest BCUT2D eigenvalue weighted by molar-refractivity contribution is -0.407. The maximum absolute atomic E-state index is 14.3. The van der Waals surface area contributed by atoms with Gasteiger partial charge in [-0.15, -0.1) is 0 Å². The van der Waals surface area contributed by atoms with Crippen LogP contribution in [-0.4, -0.2) is 87.3 Å². The second-order valence-electron chi connectivity index (χ2n) is 20.5. The van der Waals surface area contributed by atoms with Gasteiger partial charge in [0.15, 0.2) is 17.0 Å². The van der Waals surface area contributed by atoms with Crippen molar-refractivity contribution in [3.8, 4) is 0 Å². The van der Waals surface area contributed by atoms with Gasteiger partial charge in [-0.3, -0.25) is 14.4 Å². The number of ketones is 1. The summed E-state index contributed by atoms with van der Waals surface area (Å²) < 4.78 is 39.6. The molecule has 11 heteroatoms. The SMILES string of the molecule is C=C(C)C12OC3(C=CC=CCCCCCCCCCC)OC1C1C4OC4(CCOC(=O)CCCCCCCCCCCCCCC)C(O)C4(O)C(=O)C(C)=CC4C1(O3)C(C)C2OC(C)=O. The molecule has 3 saturated heterocycles. The summed E-state index contributed by atoms with van der Waals surface area (Å²) in [6, 6.07) is 0. The molecule has 3 heterocycles. The molecule has 12 atom stereocenters. The highest BCUT2D eigenvalue weighted by Crippen LogP contribution is 2.73. The van der Waals surface area contributed by atoms with Gasteiger partial charge in [0.25, 0.3) is 0 Å². The van der Waals surface area contributed by atoms with Gasteiger partial charge in [0.05, 0.1) is 18.3 Å². The molecule has 0 aromatic heterocycles. The second kappa shape index (κ2) is 22.6. The van der Waals surface area contributed by atoms with Gasteiger partial charge >= 0.3 is 17.9 Å². The molecule has 12 unspecified atom stereocenters. The van der Waals surface area contributed by atoms with E-state index in [1.807, 2.05) is 26.0 Å². The van der Waals surface area contributed by atoms with Gasteiger partial charge in [0.2, 0.25) is 0 Å². The monoisotopic (exact) mass is 909 g/mol. The minimum absolute atomic E-state index is 0.0290. The van der Waals surface area contributed by atoms with Gasteiger partial charge in [-0.2, -0.15) is 0 Å². The van der Waals surface area contributed by atoms with Crippen LogP contribution in [0, 0.1) is 17.8 Å². The third-order valence-corrected chi connectivity index (χ3v) is 15.8. The number of Topliss-reactive ketones (excluding diaryl/α,β-unsaturated/α-hetero) is 1. The van der Waals surface area contributed by atoms with Crippen molar-refractivity contribution in [2.45, 2.75) is 248 Å². The molecule has 65 heavy (non-hydrogen) atoms. The number of carbonyl (C=O) groups is 3. The lowest BCUT2D eigenvalue weighted by atomic mass is 9.53. The summed E-state index contributed by atoms with van der Waals surface area (Å²) in [6.07, 6.45) is 31.7. The summed E-state index contributed by atoms with van der Waals surface area (Å²) in [5, 5.41) is 25.3. The van der Waals surface area contributed by atoms with Gasteiger partial charge in [-0.25, -0.2) is 0 Å². The molecule has 0 spiro atoms. The minimum Gasteiger partial charge on any atom is -0.466 e. The van der Waals surface area contributed by atoms with E-state index in [9.17, 15) is 24.6 Å². The highest BCUT2D eigenvalue weighted by molar-refractivity contribution is 6.05. The number of hydrogen-bond acceptors (Lipinski definition) is 11. The zero-order valence-electron chi connectivity index (χ0n) is 40.9. The number of aliphatic hydroxyl groups is 2. The van der Waals surface area contributed by atoms with E-state index in [0.717, 1.165) is 32.1 Å². The van der Waals surface area contributed by atoms with Gasteiger partial charge in [-0.05, 0) is 44.3 Å². The standard InChI is InChI=1S/C54H84O11/c1-8-10-12-14-16-18-20-22-23-25-27-29-31-33-43(56)60-36-35-50-47(62-50)44-48-53(38(3)4)46(61-41(7)55)40(6)54(44,42-37-39(5)45(57)52(42,59)49(50)58)65-51(63-48,64-53)34-32-30-28-26-24-21-19-17-15-13-11-9-2/h28,30,32,34,37,40,42,44,46-49,58-59H,3,8-27,29,31,33,35-36H2,1-2,4-7H3. The average molecular weight is 909 g/mol. The first-order chi connectivity index (χ1) is 31.2. The molecule has 366 valence electrons. The molecule has 0 aromatic carbocycles. The Labute approximate surface area is 390 Å². The molecule has 5 fully saturated rings. The van der Waals surface area contributed by atoms with Crippen molar-refractivity contribution in [1.82, 2.24) is 0 Å². The third-order valence-electron chi connectivity index (χ3n) is 15.8. The van der Waals surface area contributed by atoms with Crippen LogP contribution in [-0.2, 0) is 42.8 Å². The molecule has 6 rings (SSSR count). The number of aliphatic hydroxyl groups excluding tert-OH is 1. The fraction of sp³-hybridized carbons (Fsp3) is 0.796. The molecule has 3 bridgehead atoms. The Morgan fingerprint density at radius 3 is 1.94 bits per heavy atom. The van der Waals surface area contributed by atoms with Crippen molar-refractivity contribution < 1.29 is 53.0 Å². The first-order valence-electron chi connectivity index (χ1n) is 25.9. The van der Waals surface area contributed by atoms with Crippen LogP contribution < -0.4 is 0 Å². The summed E-state index contributed by atoms with van der Waals surface area (Å²) in [6.45, 7) is 15.4. The lowest BCUT2D eigenvalue weighted by Gasteiger charge is -2.61. The number of unbranched alkanes of at least 4 members (excludes halogenated alkanes) is 20. The Bertz CT molecular complexity index is 1740. The molecule has 0 aromatic rings. The predicted octanol–water partition coefficient (Wildman–Crippen LogP) is 10.8. The van der Waals surface area contributed by atoms with Crippen LogP contribution >= 0.6 is 0 Å². The van der Waals surface area contributed by atoms with Crippen LogP contribution in [0.4, 0.5) is 0 Å². The van der Waals surface area contributed by atoms with Crippen molar-refractivity contribution in [3.05, 3.63) is 48.1 Å². The Hall–Kier alpha value is -2.67. The summed E-state index contributed by atoms with van der Waals surface area (Å²) in [4.78, 5) is 40.2. The molecule has 3 aliphatic carbocycles. The van der Waals surface area contributed by atoms with Gasteiger partial charge in [0, 0.05) is 43.6 Å². The normalized spacial score (nSPS) is 36.4. The number of hydrogen-bond donors (Lipinski definition) is 2.